The number of amides is 3. The first kappa shape index (κ1) is 26.9. The summed E-state index contributed by atoms with van der Waals surface area (Å²) in [4.78, 5) is 38.0. The van der Waals surface area contributed by atoms with Crippen molar-refractivity contribution in [2.45, 2.75) is 38.8 Å². The molecule has 0 aromatic heterocycles. The summed E-state index contributed by atoms with van der Waals surface area (Å²) in [5.74, 6) is -1.12. The Balaban J connectivity index is 1.33. The maximum Gasteiger partial charge on any atom is 0.407 e. The molecule has 0 unspecified atom stereocenters. The van der Waals surface area contributed by atoms with Gasteiger partial charge in [-0.15, -0.1) is 0 Å². The Morgan fingerprint density at radius 2 is 1.53 bits per heavy atom. The molecule has 198 valence electrons. The lowest BCUT2D eigenvalue weighted by Gasteiger charge is -2.23. The van der Waals surface area contributed by atoms with Gasteiger partial charge in [0.25, 0.3) is 0 Å². The fraction of sp³-hybridized carbons (Fsp3) is 0.300. The maximum absolute atomic E-state index is 12.9. The summed E-state index contributed by atoms with van der Waals surface area (Å²) in [6.07, 6.45) is -0.0359. The molecular formula is C30H33N3O5. The molecule has 0 aliphatic heterocycles. The van der Waals surface area contributed by atoms with Crippen LogP contribution >= 0.6 is 0 Å². The number of alkyl carbamates (subject to hydrolysis) is 1. The zero-order chi connectivity index (χ0) is 27.1. The van der Waals surface area contributed by atoms with Gasteiger partial charge in [0.1, 0.15) is 12.6 Å². The first-order valence-corrected chi connectivity index (χ1v) is 12.8. The van der Waals surface area contributed by atoms with Crippen molar-refractivity contribution >= 4 is 23.6 Å². The number of carbonyl (C=O) groups excluding carboxylic acids is 3. The summed E-state index contributed by atoms with van der Waals surface area (Å²) < 4.78 is 5.61. The van der Waals surface area contributed by atoms with Crippen molar-refractivity contribution in [2.24, 2.45) is 5.92 Å². The number of carbonyl (C=O) groups is 3. The van der Waals surface area contributed by atoms with E-state index in [4.69, 9.17) is 9.84 Å². The van der Waals surface area contributed by atoms with Crippen LogP contribution in [-0.4, -0.2) is 42.2 Å². The zero-order valence-corrected chi connectivity index (χ0v) is 21.6. The summed E-state index contributed by atoms with van der Waals surface area (Å²) in [6, 6.07) is 22.0. The van der Waals surface area contributed by atoms with E-state index in [-0.39, 0.29) is 31.6 Å². The van der Waals surface area contributed by atoms with Crippen LogP contribution in [0.15, 0.2) is 72.8 Å². The second kappa shape index (κ2) is 12.4. The van der Waals surface area contributed by atoms with E-state index < -0.39 is 23.9 Å². The molecule has 4 rings (SSSR count). The van der Waals surface area contributed by atoms with Crippen molar-refractivity contribution in [3.63, 3.8) is 0 Å². The van der Waals surface area contributed by atoms with Crippen molar-refractivity contribution in [2.75, 3.05) is 18.5 Å². The number of fused-ring (bicyclic) bond motifs is 3. The van der Waals surface area contributed by atoms with E-state index >= 15 is 0 Å². The Labute approximate surface area is 222 Å². The summed E-state index contributed by atoms with van der Waals surface area (Å²) in [7, 11) is 0. The van der Waals surface area contributed by atoms with Gasteiger partial charge in [0.05, 0.1) is 13.2 Å². The molecular weight excluding hydrogens is 482 g/mol. The van der Waals surface area contributed by atoms with E-state index in [1.54, 1.807) is 24.3 Å². The van der Waals surface area contributed by atoms with Crippen LogP contribution in [0.3, 0.4) is 0 Å². The second-order valence-electron chi connectivity index (χ2n) is 9.45. The minimum atomic E-state index is -0.854. The van der Waals surface area contributed by atoms with Gasteiger partial charge in [-0.3, -0.25) is 9.59 Å². The topological polar surface area (TPSA) is 117 Å². The molecule has 0 saturated carbocycles. The third-order valence-electron chi connectivity index (χ3n) is 6.96. The van der Waals surface area contributed by atoms with Crippen LogP contribution in [0.1, 0.15) is 42.9 Å². The van der Waals surface area contributed by atoms with Crippen LogP contribution in [0.5, 0.6) is 0 Å². The van der Waals surface area contributed by atoms with E-state index in [0.717, 1.165) is 27.8 Å². The molecule has 0 bridgehead atoms. The number of aliphatic hydroxyl groups excluding tert-OH is 1. The van der Waals surface area contributed by atoms with Crippen LogP contribution in [0.25, 0.3) is 11.1 Å². The normalized spacial score (nSPS) is 13.6. The average Bonchev–Trinajstić information content (AvgIpc) is 3.27. The van der Waals surface area contributed by atoms with E-state index in [0.29, 0.717) is 12.1 Å². The van der Waals surface area contributed by atoms with E-state index in [9.17, 15) is 14.4 Å². The number of hydrogen-bond donors (Lipinski definition) is 4. The highest BCUT2D eigenvalue weighted by molar-refractivity contribution is 5.95. The van der Waals surface area contributed by atoms with Crippen LogP contribution in [0.4, 0.5) is 10.5 Å². The molecule has 8 heteroatoms. The Morgan fingerprint density at radius 1 is 0.921 bits per heavy atom. The maximum atomic E-state index is 12.9. The minimum absolute atomic E-state index is 0.0841. The minimum Gasteiger partial charge on any atom is -0.449 e. The quantitative estimate of drug-likeness (QED) is 0.323. The fourth-order valence-corrected chi connectivity index (χ4v) is 4.64. The largest absolute Gasteiger partial charge is 0.449 e. The highest BCUT2D eigenvalue weighted by Crippen LogP contribution is 2.44. The third-order valence-corrected chi connectivity index (χ3v) is 6.96. The average molecular weight is 516 g/mol. The lowest BCUT2D eigenvalue weighted by atomic mass is 9.98. The predicted octanol–water partition coefficient (Wildman–Crippen LogP) is 4.19. The fourth-order valence-electron chi connectivity index (χ4n) is 4.64. The molecule has 1 aliphatic rings. The van der Waals surface area contributed by atoms with E-state index in [1.807, 2.05) is 50.2 Å². The van der Waals surface area contributed by atoms with E-state index in [2.05, 4.69) is 28.1 Å². The lowest BCUT2D eigenvalue weighted by Crippen LogP contribution is -2.51. The smallest absolute Gasteiger partial charge is 0.407 e. The number of anilines is 1. The molecule has 3 aromatic carbocycles. The lowest BCUT2D eigenvalue weighted by molar-refractivity contribution is -0.126. The van der Waals surface area contributed by atoms with Crippen LogP contribution in [0.2, 0.25) is 0 Å². The number of hydrogen-bond acceptors (Lipinski definition) is 5. The van der Waals surface area contributed by atoms with Gasteiger partial charge < -0.3 is 25.8 Å². The first-order valence-electron chi connectivity index (χ1n) is 12.8. The number of rotatable bonds is 10. The molecule has 2 atom stereocenters. The number of ether oxygens (including phenoxy) is 1. The zero-order valence-electron chi connectivity index (χ0n) is 21.6. The molecule has 3 amide bonds. The Bertz CT molecular complexity index is 1250. The van der Waals surface area contributed by atoms with E-state index in [1.165, 1.54) is 0 Å². The van der Waals surface area contributed by atoms with Crippen molar-refractivity contribution < 1.29 is 24.2 Å². The molecule has 3 aromatic rings. The molecule has 1 aliphatic carbocycles. The van der Waals surface area contributed by atoms with Gasteiger partial charge in [-0.2, -0.15) is 0 Å². The first-order chi connectivity index (χ1) is 18.4. The highest BCUT2D eigenvalue weighted by atomic mass is 16.5. The standard InChI is InChI=1S/C30H33N3O5/c1-3-19(2)28(29(36)31-16-27(35)32-21-14-12-20(17-34)13-15-21)33-30(37)38-18-26-24-10-6-4-8-22(24)23-9-5-7-11-25(23)26/h4-15,19,26,28,34H,3,16-18H2,1-2H3,(H,31,36)(H,32,35)(H,33,37)/t19-,28-/m0/s1. The number of nitrogens with one attached hydrogen (secondary N) is 3. The summed E-state index contributed by atoms with van der Waals surface area (Å²) in [5.41, 5.74) is 5.77. The molecule has 0 fully saturated rings. The Morgan fingerprint density at radius 3 is 2.11 bits per heavy atom. The van der Waals surface area contributed by atoms with Crippen molar-refractivity contribution in [3.05, 3.63) is 89.5 Å². The molecule has 4 N–H and O–H groups in total. The monoisotopic (exact) mass is 515 g/mol. The van der Waals surface area contributed by atoms with Gasteiger partial charge in [-0.25, -0.2) is 4.79 Å². The SMILES string of the molecule is CC[C@H](C)[C@H](NC(=O)OCC1c2ccccc2-c2ccccc21)C(=O)NCC(=O)Nc1ccc(CO)cc1. The van der Waals surface area contributed by atoms with Gasteiger partial charge in [0, 0.05) is 11.6 Å². The van der Waals surface area contributed by atoms with Crippen molar-refractivity contribution in [1.29, 1.82) is 0 Å². The molecule has 0 spiro atoms. The summed E-state index contributed by atoms with van der Waals surface area (Å²) in [6.45, 7) is 3.59. The van der Waals surface area contributed by atoms with Crippen LogP contribution in [0, 0.1) is 5.92 Å². The number of benzene rings is 3. The molecule has 0 radical (unpaired) electrons. The molecule has 38 heavy (non-hydrogen) atoms. The molecule has 0 saturated heterocycles. The van der Waals surface area contributed by atoms with Gasteiger partial charge in [-0.05, 0) is 45.9 Å². The summed E-state index contributed by atoms with van der Waals surface area (Å²) in [5, 5.41) is 17.1. The van der Waals surface area contributed by atoms with Crippen LogP contribution < -0.4 is 16.0 Å². The summed E-state index contributed by atoms with van der Waals surface area (Å²) >= 11 is 0. The van der Waals surface area contributed by atoms with Crippen molar-refractivity contribution in [1.82, 2.24) is 10.6 Å². The predicted molar refractivity (Wildman–Crippen MR) is 145 cm³/mol. The highest BCUT2D eigenvalue weighted by Gasteiger charge is 2.31. The van der Waals surface area contributed by atoms with Gasteiger partial charge in [0.2, 0.25) is 11.8 Å². The number of aliphatic hydroxyl groups is 1. The molecule has 8 nitrogen and oxygen atoms in total. The van der Waals surface area contributed by atoms with Crippen LogP contribution in [-0.2, 0) is 20.9 Å². The van der Waals surface area contributed by atoms with Crippen molar-refractivity contribution in [3.8, 4) is 11.1 Å². The van der Waals surface area contributed by atoms with Gasteiger partial charge in [-0.1, -0.05) is 80.9 Å². The third kappa shape index (κ3) is 6.20. The van der Waals surface area contributed by atoms with Gasteiger partial charge >= 0.3 is 6.09 Å². The second-order valence-corrected chi connectivity index (χ2v) is 9.45. The Hall–Kier alpha value is -4.17. The van der Waals surface area contributed by atoms with Gasteiger partial charge in [0.15, 0.2) is 0 Å². The molecule has 0 heterocycles. The Kier molecular flexibility index (Phi) is 8.76.